The van der Waals surface area contributed by atoms with Crippen LogP contribution in [0.1, 0.15) is 37.8 Å². The second-order valence-electron chi connectivity index (χ2n) is 5.87. The molecule has 6 heteroatoms. The van der Waals surface area contributed by atoms with E-state index in [1.54, 1.807) is 17.5 Å². The van der Waals surface area contributed by atoms with E-state index in [1.807, 2.05) is 23.7 Å². The highest BCUT2D eigenvalue weighted by molar-refractivity contribution is 7.13. The van der Waals surface area contributed by atoms with Crippen LogP contribution in [-0.2, 0) is 6.42 Å². The number of carbonyl (C=O) groups excluding carboxylic acids is 1. The molecule has 2 amide bonds. The van der Waals surface area contributed by atoms with Crippen molar-refractivity contribution >= 4 is 17.4 Å². The van der Waals surface area contributed by atoms with E-state index in [-0.39, 0.29) is 6.03 Å². The zero-order valence-corrected chi connectivity index (χ0v) is 13.9. The van der Waals surface area contributed by atoms with Gasteiger partial charge in [0.2, 0.25) is 0 Å². The number of pyridine rings is 1. The van der Waals surface area contributed by atoms with Crippen LogP contribution in [0.2, 0.25) is 0 Å². The fourth-order valence-electron chi connectivity index (χ4n) is 2.83. The minimum absolute atomic E-state index is 0.0559. The van der Waals surface area contributed by atoms with Crippen LogP contribution in [0.3, 0.4) is 0 Å². The van der Waals surface area contributed by atoms with Gasteiger partial charge in [0, 0.05) is 42.3 Å². The molecule has 0 spiro atoms. The second-order valence-corrected chi connectivity index (χ2v) is 6.73. The van der Waals surface area contributed by atoms with Gasteiger partial charge in [-0.1, -0.05) is 19.3 Å². The number of rotatable bonds is 5. The molecule has 1 aliphatic carbocycles. The smallest absolute Gasteiger partial charge is 0.315 e. The van der Waals surface area contributed by atoms with Gasteiger partial charge < -0.3 is 10.6 Å². The monoisotopic (exact) mass is 330 g/mol. The minimum Gasteiger partial charge on any atom is -0.338 e. The number of thiazole rings is 1. The van der Waals surface area contributed by atoms with Crippen molar-refractivity contribution in [1.82, 2.24) is 20.6 Å². The number of nitrogens with one attached hydrogen (secondary N) is 2. The predicted molar refractivity (Wildman–Crippen MR) is 92.5 cm³/mol. The molecule has 23 heavy (non-hydrogen) atoms. The van der Waals surface area contributed by atoms with Gasteiger partial charge in [-0.05, 0) is 25.0 Å². The first-order valence-corrected chi connectivity index (χ1v) is 9.08. The highest BCUT2D eigenvalue weighted by Gasteiger charge is 2.15. The molecule has 1 saturated carbocycles. The number of carbonyl (C=O) groups is 1. The molecule has 0 aromatic carbocycles. The van der Waals surface area contributed by atoms with Crippen molar-refractivity contribution in [1.29, 1.82) is 0 Å². The van der Waals surface area contributed by atoms with E-state index in [2.05, 4.69) is 20.6 Å². The molecule has 122 valence electrons. The Morgan fingerprint density at radius 3 is 2.96 bits per heavy atom. The van der Waals surface area contributed by atoms with E-state index in [0.29, 0.717) is 12.6 Å². The Morgan fingerprint density at radius 1 is 1.30 bits per heavy atom. The summed E-state index contributed by atoms with van der Waals surface area (Å²) in [5.74, 6) is 0. The van der Waals surface area contributed by atoms with Crippen molar-refractivity contribution in [2.24, 2.45) is 0 Å². The Hall–Kier alpha value is -1.95. The normalized spacial score (nSPS) is 15.3. The third-order valence-electron chi connectivity index (χ3n) is 4.07. The van der Waals surface area contributed by atoms with Gasteiger partial charge in [-0.25, -0.2) is 9.78 Å². The molecule has 0 aliphatic heterocycles. The molecule has 2 aromatic heterocycles. The summed E-state index contributed by atoms with van der Waals surface area (Å²) in [6.45, 7) is 0.606. The second kappa shape index (κ2) is 8.06. The molecule has 3 rings (SSSR count). The first-order valence-electron chi connectivity index (χ1n) is 8.20. The zero-order valence-electron chi connectivity index (χ0n) is 13.1. The van der Waals surface area contributed by atoms with Crippen LogP contribution in [0.15, 0.2) is 29.9 Å². The Kier molecular flexibility index (Phi) is 5.58. The SMILES string of the molecule is O=C(NCCc1csc(-c2cccnc2)n1)NC1CCCCC1. The summed E-state index contributed by atoms with van der Waals surface area (Å²) in [4.78, 5) is 20.6. The molecule has 0 bridgehead atoms. The number of hydrogen-bond donors (Lipinski definition) is 2. The van der Waals surface area contributed by atoms with Gasteiger partial charge in [-0.3, -0.25) is 4.98 Å². The van der Waals surface area contributed by atoms with Crippen molar-refractivity contribution in [3.05, 3.63) is 35.6 Å². The van der Waals surface area contributed by atoms with E-state index in [4.69, 9.17) is 0 Å². The summed E-state index contributed by atoms with van der Waals surface area (Å²) in [6.07, 6.45) is 10.3. The molecule has 0 atom stereocenters. The third-order valence-corrected chi connectivity index (χ3v) is 5.01. The van der Waals surface area contributed by atoms with Gasteiger partial charge in [0.1, 0.15) is 5.01 Å². The van der Waals surface area contributed by atoms with Gasteiger partial charge in [0.25, 0.3) is 0 Å². The molecular formula is C17H22N4OS. The van der Waals surface area contributed by atoms with Crippen LogP contribution in [-0.4, -0.2) is 28.6 Å². The fraction of sp³-hybridized carbons (Fsp3) is 0.471. The lowest BCUT2D eigenvalue weighted by atomic mass is 9.96. The highest BCUT2D eigenvalue weighted by Crippen LogP contribution is 2.22. The largest absolute Gasteiger partial charge is 0.338 e. The number of urea groups is 1. The summed E-state index contributed by atoms with van der Waals surface area (Å²) >= 11 is 1.61. The maximum Gasteiger partial charge on any atom is 0.315 e. The fourth-order valence-corrected chi connectivity index (χ4v) is 3.68. The molecule has 0 saturated heterocycles. The lowest BCUT2D eigenvalue weighted by Crippen LogP contribution is -2.43. The van der Waals surface area contributed by atoms with Crippen LogP contribution in [0.5, 0.6) is 0 Å². The van der Waals surface area contributed by atoms with Gasteiger partial charge in [-0.2, -0.15) is 0 Å². The molecule has 0 unspecified atom stereocenters. The topological polar surface area (TPSA) is 66.9 Å². The Balaban J connectivity index is 1.42. The average molecular weight is 330 g/mol. The number of hydrogen-bond acceptors (Lipinski definition) is 4. The molecular weight excluding hydrogens is 308 g/mol. The number of nitrogens with zero attached hydrogens (tertiary/aromatic N) is 2. The van der Waals surface area contributed by atoms with Crippen molar-refractivity contribution in [2.75, 3.05) is 6.54 Å². The number of amides is 2. The standard InChI is InChI=1S/C17H22N4OS/c22-17(21-14-6-2-1-3-7-14)19-10-8-15-12-23-16(20-15)13-5-4-9-18-11-13/h4-5,9,11-12,14H,1-3,6-8,10H2,(H2,19,21,22). The summed E-state index contributed by atoms with van der Waals surface area (Å²) < 4.78 is 0. The van der Waals surface area contributed by atoms with E-state index in [1.165, 1.54) is 19.3 Å². The lowest BCUT2D eigenvalue weighted by Gasteiger charge is -2.22. The summed E-state index contributed by atoms with van der Waals surface area (Å²) in [5, 5.41) is 9.01. The maximum atomic E-state index is 11.9. The third kappa shape index (κ3) is 4.76. The molecule has 2 aromatic rings. The van der Waals surface area contributed by atoms with Gasteiger partial charge >= 0.3 is 6.03 Å². The highest BCUT2D eigenvalue weighted by atomic mass is 32.1. The Labute approximate surface area is 140 Å². The predicted octanol–water partition coefficient (Wildman–Crippen LogP) is 3.38. The lowest BCUT2D eigenvalue weighted by molar-refractivity contribution is 0.233. The van der Waals surface area contributed by atoms with Gasteiger partial charge in [-0.15, -0.1) is 11.3 Å². The van der Waals surface area contributed by atoms with Crippen LogP contribution >= 0.6 is 11.3 Å². The molecule has 2 N–H and O–H groups in total. The molecule has 1 fully saturated rings. The molecule has 0 radical (unpaired) electrons. The molecule has 1 aliphatic rings. The van der Waals surface area contributed by atoms with Gasteiger partial charge in [0.15, 0.2) is 0 Å². The van der Waals surface area contributed by atoms with Gasteiger partial charge in [0.05, 0.1) is 5.69 Å². The molecule has 5 nitrogen and oxygen atoms in total. The van der Waals surface area contributed by atoms with E-state index in [9.17, 15) is 4.79 Å². The van der Waals surface area contributed by atoms with Crippen molar-refractivity contribution < 1.29 is 4.79 Å². The summed E-state index contributed by atoms with van der Waals surface area (Å²) in [6, 6.07) is 4.21. The zero-order chi connectivity index (χ0) is 15.9. The first-order chi connectivity index (χ1) is 11.3. The molecule has 2 heterocycles. The van der Waals surface area contributed by atoms with Crippen molar-refractivity contribution in [3.63, 3.8) is 0 Å². The van der Waals surface area contributed by atoms with E-state index >= 15 is 0 Å². The van der Waals surface area contributed by atoms with Crippen molar-refractivity contribution in [3.8, 4) is 10.6 Å². The number of aromatic nitrogens is 2. The van der Waals surface area contributed by atoms with Crippen molar-refractivity contribution in [2.45, 2.75) is 44.6 Å². The Bertz CT molecular complexity index is 623. The van der Waals surface area contributed by atoms with Crippen LogP contribution < -0.4 is 10.6 Å². The average Bonchev–Trinajstić information content (AvgIpc) is 3.05. The maximum absolute atomic E-state index is 11.9. The summed E-state index contributed by atoms with van der Waals surface area (Å²) in [5.41, 5.74) is 2.04. The quantitative estimate of drug-likeness (QED) is 0.883. The van der Waals surface area contributed by atoms with Crippen LogP contribution in [0.25, 0.3) is 10.6 Å². The Morgan fingerprint density at radius 2 is 2.17 bits per heavy atom. The summed E-state index contributed by atoms with van der Waals surface area (Å²) in [7, 11) is 0. The van der Waals surface area contributed by atoms with Crippen LogP contribution in [0, 0.1) is 0 Å². The first kappa shape index (κ1) is 15.9. The minimum atomic E-state index is -0.0559. The van der Waals surface area contributed by atoms with Crippen LogP contribution in [0.4, 0.5) is 4.79 Å². The van der Waals surface area contributed by atoms with E-state index in [0.717, 1.165) is 35.5 Å². The van der Waals surface area contributed by atoms with E-state index < -0.39 is 0 Å².